The van der Waals surface area contributed by atoms with Gasteiger partial charge in [-0.2, -0.15) is 0 Å². The van der Waals surface area contributed by atoms with Gasteiger partial charge in [0.15, 0.2) is 0 Å². The Morgan fingerprint density at radius 3 is 2.50 bits per heavy atom. The lowest BCUT2D eigenvalue weighted by Gasteiger charge is -2.20. The summed E-state index contributed by atoms with van der Waals surface area (Å²) in [5.41, 5.74) is -0.493. The Morgan fingerprint density at radius 2 is 2.14 bits per heavy atom. The van der Waals surface area contributed by atoms with Crippen LogP contribution in [-0.4, -0.2) is 21.2 Å². The molecule has 0 aromatic carbocycles. The Bertz CT molecular complexity index is 333. The van der Waals surface area contributed by atoms with Gasteiger partial charge in [0.2, 0.25) is 0 Å². The smallest absolute Gasteiger partial charge is 0.420 e. The number of hydrogen-bond donors (Lipinski definition) is 0. The summed E-state index contributed by atoms with van der Waals surface area (Å²) in [6.45, 7) is 7.22. The quantitative estimate of drug-likeness (QED) is 0.721. The fourth-order valence-electron chi connectivity index (χ4n) is 0.944. The van der Waals surface area contributed by atoms with Gasteiger partial charge >= 0.3 is 6.09 Å². The van der Waals surface area contributed by atoms with Crippen molar-refractivity contribution in [3.8, 4) is 0 Å². The van der Waals surface area contributed by atoms with E-state index in [0.717, 1.165) is 0 Å². The second-order valence-corrected chi connectivity index (χ2v) is 4.76. The summed E-state index contributed by atoms with van der Waals surface area (Å²) in [5.74, 6) is 0.603. The second-order valence-electron chi connectivity index (χ2n) is 3.94. The molecule has 1 aromatic heterocycles. The van der Waals surface area contributed by atoms with Gasteiger partial charge < -0.3 is 4.74 Å². The number of rotatable bonds is 0. The second kappa shape index (κ2) is 3.73. The molecule has 1 heterocycles. The molecule has 0 radical (unpaired) electrons. The van der Waals surface area contributed by atoms with Gasteiger partial charge in [-0.3, -0.25) is 0 Å². The lowest BCUT2D eigenvalue weighted by atomic mass is 10.2. The van der Waals surface area contributed by atoms with Crippen LogP contribution >= 0.6 is 15.9 Å². The molecule has 0 aliphatic heterocycles. The molecule has 1 aromatic rings. The number of hydrogen-bond acceptors (Lipinski definition) is 3. The number of aryl methyl sites for hydroxylation is 1. The summed E-state index contributed by atoms with van der Waals surface area (Å²) in [5, 5.41) is 0. The maximum Gasteiger partial charge on any atom is 0.420 e. The normalized spacial score (nSPS) is 11.5. The summed E-state index contributed by atoms with van der Waals surface area (Å²) in [4.78, 5) is 15.6. The van der Waals surface area contributed by atoms with Crippen LogP contribution in [0.3, 0.4) is 0 Å². The van der Waals surface area contributed by atoms with Crippen LogP contribution in [0.4, 0.5) is 4.79 Å². The molecule has 0 saturated carbocycles. The van der Waals surface area contributed by atoms with E-state index < -0.39 is 11.7 Å². The van der Waals surface area contributed by atoms with Crippen LogP contribution in [0.1, 0.15) is 26.6 Å². The number of nitrogens with zero attached hydrogens (tertiary/aromatic N) is 2. The summed E-state index contributed by atoms with van der Waals surface area (Å²) >= 11 is 3.22. The van der Waals surface area contributed by atoms with Gasteiger partial charge in [-0.1, -0.05) is 0 Å². The lowest BCUT2D eigenvalue weighted by molar-refractivity contribution is 0.0530. The molecule has 0 spiro atoms. The van der Waals surface area contributed by atoms with Crippen molar-refractivity contribution in [3.63, 3.8) is 0 Å². The summed E-state index contributed by atoms with van der Waals surface area (Å²) < 4.78 is 7.18. The van der Waals surface area contributed by atoms with Crippen LogP contribution < -0.4 is 0 Å². The van der Waals surface area contributed by atoms with E-state index >= 15 is 0 Å². The average Bonchev–Trinajstić information content (AvgIpc) is 2.27. The molecule has 0 amide bonds. The Morgan fingerprint density at radius 1 is 1.57 bits per heavy atom. The van der Waals surface area contributed by atoms with Gasteiger partial charge in [0, 0.05) is 0 Å². The zero-order chi connectivity index (χ0) is 10.9. The first-order valence-electron chi connectivity index (χ1n) is 4.24. The van der Waals surface area contributed by atoms with Crippen molar-refractivity contribution in [1.29, 1.82) is 0 Å². The van der Waals surface area contributed by atoms with E-state index in [1.165, 1.54) is 4.57 Å². The molecule has 1 rings (SSSR count). The Labute approximate surface area is 91.4 Å². The van der Waals surface area contributed by atoms with E-state index in [1.54, 1.807) is 13.1 Å². The van der Waals surface area contributed by atoms with Crippen molar-refractivity contribution in [2.75, 3.05) is 0 Å². The monoisotopic (exact) mass is 260 g/mol. The third-order valence-corrected chi connectivity index (χ3v) is 2.03. The van der Waals surface area contributed by atoms with Crippen molar-refractivity contribution in [2.24, 2.45) is 0 Å². The Kier molecular flexibility index (Phi) is 2.99. The molecule has 4 nitrogen and oxygen atoms in total. The number of aromatic nitrogens is 2. The third kappa shape index (κ3) is 2.57. The van der Waals surface area contributed by atoms with E-state index in [9.17, 15) is 4.79 Å². The fourth-order valence-corrected chi connectivity index (χ4v) is 1.45. The first-order valence-corrected chi connectivity index (χ1v) is 5.04. The minimum atomic E-state index is -0.493. The zero-order valence-electron chi connectivity index (χ0n) is 8.67. The van der Waals surface area contributed by atoms with Crippen LogP contribution in [-0.2, 0) is 4.74 Å². The van der Waals surface area contributed by atoms with E-state index in [1.807, 2.05) is 20.8 Å². The van der Waals surface area contributed by atoms with E-state index in [-0.39, 0.29) is 0 Å². The van der Waals surface area contributed by atoms with Gasteiger partial charge in [-0.15, -0.1) is 0 Å². The average molecular weight is 261 g/mol. The molecule has 14 heavy (non-hydrogen) atoms. The lowest BCUT2D eigenvalue weighted by Crippen LogP contribution is -2.27. The highest BCUT2D eigenvalue weighted by Gasteiger charge is 2.20. The van der Waals surface area contributed by atoms with Crippen molar-refractivity contribution >= 4 is 22.0 Å². The SMILES string of the molecule is Cc1ncc(Br)n1C(=O)OC(C)(C)C. The Hall–Kier alpha value is -0.840. The highest BCUT2D eigenvalue weighted by molar-refractivity contribution is 9.10. The molecule has 0 aliphatic rings. The number of ether oxygens (including phenoxy) is 1. The molecule has 0 N–H and O–H groups in total. The van der Waals surface area contributed by atoms with Gasteiger partial charge in [-0.25, -0.2) is 14.3 Å². The molecule has 0 atom stereocenters. The fraction of sp³-hybridized carbons (Fsp3) is 0.556. The van der Waals surface area contributed by atoms with E-state index in [0.29, 0.717) is 10.4 Å². The van der Waals surface area contributed by atoms with Gasteiger partial charge in [-0.05, 0) is 43.6 Å². The standard InChI is InChI=1S/C9H13BrN2O2/c1-6-11-5-7(10)12(6)8(13)14-9(2,3)4/h5H,1-4H3. The molecule has 0 bridgehead atoms. The first kappa shape index (κ1) is 11.2. The van der Waals surface area contributed by atoms with Crippen LogP contribution in [0.15, 0.2) is 10.8 Å². The van der Waals surface area contributed by atoms with Crippen molar-refractivity contribution in [1.82, 2.24) is 9.55 Å². The van der Waals surface area contributed by atoms with Gasteiger partial charge in [0.1, 0.15) is 16.0 Å². The molecule has 0 fully saturated rings. The maximum absolute atomic E-state index is 11.6. The van der Waals surface area contributed by atoms with Crippen molar-refractivity contribution in [2.45, 2.75) is 33.3 Å². The molecule has 78 valence electrons. The number of carbonyl (C=O) groups is 1. The predicted octanol–water partition coefficient (Wildman–Crippen LogP) is 2.74. The maximum atomic E-state index is 11.6. The number of imidazole rings is 1. The minimum absolute atomic E-state index is 0.417. The molecule has 0 unspecified atom stereocenters. The van der Waals surface area contributed by atoms with Crippen LogP contribution in [0.2, 0.25) is 0 Å². The van der Waals surface area contributed by atoms with Crippen molar-refractivity contribution < 1.29 is 9.53 Å². The number of carbonyl (C=O) groups excluding carboxylic acids is 1. The zero-order valence-corrected chi connectivity index (χ0v) is 10.3. The largest absolute Gasteiger partial charge is 0.443 e. The highest BCUT2D eigenvalue weighted by Crippen LogP contribution is 2.15. The molecular formula is C9H13BrN2O2. The molecular weight excluding hydrogens is 248 g/mol. The first-order chi connectivity index (χ1) is 6.31. The van der Waals surface area contributed by atoms with Crippen LogP contribution in [0.5, 0.6) is 0 Å². The minimum Gasteiger partial charge on any atom is -0.443 e. The van der Waals surface area contributed by atoms with Crippen molar-refractivity contribution in [3.05, 3.63) is 16.6 Å². The molecule has 5 heteroatoms. The predicted molar refractivity (Wildman–Crippen MR) is 56.3 cm³/mol. The topological polar surface area (TPSA) is 44.1 Å². The molecule has 0 saturated heterocycles. The highest BCUT2D eigenvalue weighted by atomic mass is 79.9. The van der Waals surface area contributed by atoms with Crippen LogP contribution in [0.25, 0.3) is 0 Å². The third-order valence-electron chi connectivity index (χ3n) is 1.47. The summed E-state index contributed by atoms with van der Waals surface area (Å²) in [6.07, 6.45) is 1.15. The van der Waals surface area contributed by atoms with E-state index in [2.05, 4.69) is 20.9 Å². The van der Waals surface area contributed by atoms with Gasteiger partial charge in [0.05, 0.1) is 6.20 Å². The number of halogens is 1. The summed E-state index contributed by atoms with van der Waals surface area (Å²) in [7, 11) is 0. The molecule has 0 aliphatic carbocycles. The van der Waals surface area contributed by atoms with Crippen LogP contribution in [0, 0.1) is 6.92 Å². The summed E-state index contributed by atoms with van der Waals surface area (Å²) in [6, 6.07) is 0. The van der Waals surface area contributed by atoms with Gasteiger partial charge in [0.25, 0.3) is 0 Å². The van der Waals surface area contributed by atoms with E-state index in [4.69, 9.17) is 4.74 Å². The Balaban J connectivity index is 2.90.